The summed E-state index contributed by atoms with van der Waals surface area (Å²) in [5, 5.41) is 12.3. The monoisotopic (exact) mass is 209 g/mol. The number of rotatable bonds is 1. The van der Waals surface area contributed by atoms with Crippen LogP contribution in [0.4, 0.5) is 5.82 Å². The zero-order valence-corrected chi connectivity index (χ0v) is 8.23. The molecule has 0 unspecified atom stereocenters. The zero-order valence-electron chi connectivity index (χ0n) is 7.48. The van der Waals surface area contributed by atoms with Gasteiger partial charge < -0.3 is 5.73 Å². The van der Waals surface area contributed by atoms with Crippen molar-refractivity contribution in [1.29, 1.82) is 0 Å². The van der Waals surface area contributed by atoms with Crippen molar-refractivity contribution >= 4 is 17.4 Å². The predicted octanol–water partition coefficient (Wildman–Crippen LogP) is 1.21. The van der Waals surface area contributed by atoms with Crippen molar-refractivity contribution in [3.8, 4) is 5.82 Å². The summed E-state index contributed by atoms with van der Waals surface area (Å²) < 4.78 is 1.56. The van der Waals surface area contributed by atoms with E-state index in [1.807, 2.05) is 6.92 Å². The Morgan fingerprint density at radius 1 is 1.36 bits per heavy atom. The second-order valence-electron chi connectivity index (χ2n) is 2.82. The van der Waals surface area contributed by atoms with Crippen LogP contribution in [0.15, 0.2) is 18.3 Å². The largest absolute Gasteiger partial charge is 0.382 e. The number of nitrogens with zero attached hydrogens (tertiary/aromatic N) is 4. The van der Waals surface area contributed by atoms with E-state index in [-0.39, 0.29) is 0 Å². The van der Waals surface area contributed by atoms with Crippen LogP contribution >= 0.6 is 11.6 Å². The lowest BCUT2D eigenvalue weighted by Crippen LogP contribution is -2.01. The number of aromatic nitrogens is 4. The third kappa shape index (κ3) is 1.54. The first-order valence-corrected chi connectivity index (χ1v) is 4.36. The van der Waals surface area contributed by atoms with E-state index in [2.05, 4.69) is 15.3 Å². The van der Waals surface area contributed by atoms with Gasteiger partial charge >= 0.3 is 0 Å². The minimum Gasteiger partial charge on any atom is -0.382 e. The summed E-state index contributed by atoms with van der Waals surface area (Å²) in [5.41, 5.74) is 6.17. The normalized spacial score (nSPS) is 10.4. The summed E-state index contributed by atoms with van der Waals surface area (Å²) in [6.07, 6.45) is 1.68. The molecule has 0 fully saturated rings. The molecule has 2 heterocycles. The highest BCUT2D eigenvalue weighted by atomic mass is 35.5. The number of nitrogen functional groups attached to an aromatic ring is 1. The van der Waals surface area contributed by atoms with Crippen molar-refractivity contribution in [3.63, 3.8) is 0 Å². The summed E-state index contributed by atoms with van der Waals surface area (Å²) >= 11 is 5.85. The average Bonchev–Trinajstić information content (AvgIpc) is 2.48. The van der Waals surface area contributed by atoms with Gasteiger partial charge in [-0.2, -0.15) is 5.10 Å². The van der Waals surface area contributed by atoms with Gasteiger partial charge in [-0.25, -0.2) is 4.68 Å². The smallest absolute Gasteiger partial charge is 0.175 e. The Morgan fingerprint density at radius 3 is 2.64 bits per heavy atom. The molecule has 2 aromatic heterocycles. The fourth-order valence-electron chi connectivity index (χ4n) is 1.01. The maximum atomic E-state index is 5.85. The molecule has 6 heteroatoms. The van der Waals surface area contributed by atoms with Gasteiger partial charge in [-0.15, -0.1) is 10.2 Å². The standard InChI is InChI=1S/C8H8ClN5/c1-5-6(9)4-14(13-5)8-3-2-7(10)11-12-8/h2-4H,1H3,(H2,10,11). The Hall–Kier alpha value is -1.62. The van der Waals surface area contributed by atoms with Crippen LogP contribution in [-0.2, 0) is 0 Å². The van der Waals surface area contributed by atoms with E-state index in [0.717, 1.165) is 5.69 Å². The topological polar surface area (TPSA) is 69.6 Å². The van der Waals surface area contributed by atoms with Gasteiger partial charge in [0.15, 0.2) is 5.82 Å². The third-order valence-corrected chi connectivity index (χ3v) is 2.12. The van der Waals surface area contributed by atoms with Crippen LogP contribution in [-0.4, -0.2) is 20.0 Å². The highest BCUT2D eigenvalue weighted by Gasteiger charge is 2.04. The van der Waals surface area contributed by atoms with Crippen molar-refractivity contribution in [2.45, 2.75) is 6.92 Å². The number of nitrogens with two attached hydrogens (primary N) is 1. The van der Waals surface area contributed by atoms with Crippen LogP contribution < -0.4 is 5.73 Å². The molecule has 0 amide bonds. The van der Waals surface area contributed by atoms with Crippen LogP contribution in [0.5, 0.6) is 0 Å². The lowest BCUT2D eigenvalue weighted by atomic mass is 10.5. The molecule has 0 bridgehead atoms. The van der Waals surface area contributed by atoms with Gasteiger partial charge in [-0.05, 0) is 19.1 Å². The Balaban J connectivity index is 2.44. The Labute approximate surface area is 85.5 Å². The number of halogens is 1. The van der Waals surface area contributed by atoms with Crippen molar-refractivity contribution in [2.75, 3.05) is 5.73 Å². The summed E-state index contributed by atoms with van der Waals surface area (Å²) in [5.74, 6) is 0.970. The summed E-state index contributed by atoms with van der Waals surface area (Å²) in [6.45, 7) is 1.82. The van der Waals surface area contributed by atoms with Gasteiger partial charge in [0.1, 0.15) is 5.82 Å². The Kier molecular flexibility index (Phi) is 2.09. The van der Waals surface area contributed by atoms with Gasteiger partial charge in [-0.3, -0.25) is 0 Å². The maximum Gasteiger partial charge on any atom is 0.175 e. The molecule has 0 aromatic carbocycles. The molecule has 5 nitrogen and oxygen atoms in total. The highest BCUT2D eigenvalue weighted by molar-refractivity contribution is 6.31. The minimum absolute atomic E-state index is 0.378. The highest BCUT2D eigenvalue weighted by Crippen LogP contribution is 2.14. The van der Waals surface area contributed by atoms with Gasteiger partial charge in [0.05, 0.1) is 16.9 Å². The molecule has 0 radical (unpaired) electrons. The first-order chi connectivity index (χ1) is 6.66. The predicted molar refractivity (Wildman–Crippen MR) is 53.3 cm³/mol. The van der Waals surface area contributed by atoms with Crippen LogP contribution in [0.3, 0.4) is 0 Å². The number of aryl methyl sites for hydroxylation is 1. The van der Waals surface area contributed by atoms with Crippen molar-refractivity contribution in [1.82, 2.24) is 20.0 Å². The molecule has 2 rings (SSSR count). The fraction of sp³-hybridized carbons (Fsp3) is 0.125. The van der Waals surface area contributed by atoms with Crippen LogP contribution in [0.2, 0.25) is 5.02 Å². The van der Waals surface area contributed by atoms with Gasteiger partial charge in [0, 0.05) is 0 Å². The van der Waals surface area contributed by atoms with Crippen LogP contribution in [0.25, 0.3) is 5.82 Å². The second-order valence-corrected chi connectivity index (χ2v) is 3.23. The molecule has 2 N–H and O–H groups in total. The first kappa shape index (κ1) is 8.96. The molecular weight excluding hydrogens is 202 g/mol. The van der Waals surface area contributed by atoms with E-state index in [4.69, 9.17) is 17.3 Å². The van der Waals surface area contributed by atoms with E-state index in [0.29, 0.717) is 16.7 Å². The van der Waals surface area contributed by atoms with Crippen LogP contribution in [0.1, 0.15) is 5.69 Å². The molecule has 0 spiro atoms. The molecular formula is C8H8ClN5. The quantitative estimate of drug-likeness (QED) is 0.767. The minimum atomic E-state index is 0.378. The van der Waals surface area contributed by atoms with E-state index >= 15 is 0 Å². The van der Waals surface area contributed by atoms with E-state index in [1.54, 1.807) is 23.0 Å². The van der Waals surface area contributed by atoms with E-state index in [1.165, 1.54) is 0 Å². The summed E-state index contributed by atoms with van der Waals surface area (Å²) in [7, 11) is 0. The molecule has 72 valence electrons. The molecule has 0 saturated carbocycles. The third-order valence-electron chi connectivity index (χ3n) is 1.74. The summed E-state index contributed by atoms with van der Waals surface area (Å²) in [6, 6.07) is 3.39. The molecule has 0 aliphatic rings. The first-order valence-electron chi connectivity index (χ1n) is 3.98. The molecule has 14 heavy (non-hydrogen) atoms. The number of anilines is 1. The van der Waals surface area contributed by atoms with E-state index in [9.17, 15) is 0 Å². The van der Waals surface area contributed by atoms with E-state index < -0.39 is 0 Å². The fourth-order valence-corrected chi connectivity index (χ4v) is 1.14. The molecule has 0 aliphatic carbocycles. The Bertz CT molecular complexity index is 428. The molecule has 0 saturated heterocycles. The zero-order chi connectivity index (χ0) is 10.1. The lowest BCUT2D eigenvalue weighted by molar-refractivity contribution is 0.806. The van der Waals surface area contributed by atoms with Crippen molar-refractivity contribution < 1.29 is 0 Å². The van der Waals surface area contributed by atoms with Gasteiger partial charge in [0.25, 0.3) is 0 Å². The van der Waals surface area contributed by atoms with Crippen molar-refractivity contribution in [2.24, 2.45) is 0 Å². The summed E-state index contributed by atoms with van der Waals surface area (Å²) in [4.78, 5) is 0. The Morgan fingerprint density at radius 2 is 2.14 bits per heavy atom. The number of hydrogen-bond acceptors (Lipinski definition) is 4. The lowest BCUT2D eigenvalue weighted by Gasteiger charge is -1.97. The molecule has 0 aliphatic heterocycles. The average molecular weight is 210 g/mol. The molecule has 2 aromatic rings. The maximum absolute atomic E-state index is 5.85. The van der Waals surface area contributed by atoms with Crippen LogP contribution in [0, 0.1) is 6.92 Å². The van der Waals surface area contributed by atoms with Gasteiger partial charge in [0.2, 0.25) is 0 Å². The second kappa shape index (κ2) is 3.26. The van der Waals surface area contributed by atoms with Crippen molar-refractivity contribution in [3.05, 3.63) is 29.0 Å². The molecule has 0 atom stereocenters. The number of hydrogen-bond donors (Lipinski definition) is 1. The SMILES string of the molecule is Cc1nn(-c2ccc(N)nn2)cc1Cl. The van der Waals surface area contributed by atoms with Gasteiger partial charge in [-0.1, -0.05) is 11.6 Å².